The van der Waals surface area contributed by atoms with Crippen molar-refractivity contribution in [3.63, 3.8) is 0 Å². The van der Waals surface area contributed by atoms with Crippen molar-refractivity contribution in [3.05, 3.63) is 18.2 Å². The van der Waals surface area contributed by atoms with E-state index in [9.17, 15) is 4.79 Å². The Kier molecular flexibility index (Phi) is 5.99. The average molecular weight is 266 g/mol. The van der Waals surface area contributed by atoms with Gasteiger partial charge in [0, 0.05) is 25.1 Å². The van der Waals surface area contributed by atoms with Gasteiger partial charge in [0.05, 0.1) is 19.9 Å². The summed E-state index contributed by atoms with van der Waals surface area (Å²) in [6.45, 7) is 4.44. The number of ether oxygens (including phenoxy) is 2. The predicted octanol–water partition coefficient (Wildman–Crippen LogP) is 2.03. The average Bonchev–Trinajstić information content (AvgIpc) is 2.38. The molecule has 0 aliphatic heterocycles. The van der Waals surface area contributed by atoms with Crippen molar-refractivity contribution in [1.29, 1.82) is 0 Å². The first kappa shape index (κ1) is 15.1. The van der Waals surface area contributed by atoms with E-state index < -0.39 is 0 Å². The summed E-state index contributed by atoms with van der Waals surface area (Å²) in [4.78, 5) is 11.5. The summed E-state index contributed by atoms with van der Waals surface area (Å²) in [5, 5.41) is 6.02. The summed E-state index contributed by atoms with van der Waals surface area (Å²) in [5.41, 5.74) is 0.848. The number of amides is 1. The Bertz CT molecular complexity index is 419. The molecule has 0 atom stereocenters. The van der Waals surface area contributed by atoms with Crippen LogP contribution in [0.15, 0.2) is 18.2 Å². The summed E-state index contributed by atoms with van der Waals surface area (Å²) < 4.78 is 10.4. The van der Waals surface area contributed by atoms with E-state index in [-0.39, 0.29) is 11.9 Å². The summed E-state index contributed by atoms with van der Waals surface area (Å²) in [5.74, 6) is 1.47. The van der Waals surface area contributed by atoms with Gasteiger partial charge in [-0.1, -0.05) is 0 Å². The first-order valence-electron chi connectivity index (χ1n) is 6.32. The van der Waals surface area contributed by atoms with Crippen LogP contribution in [0.4, 0.5) is 5.69 Å². The fourth-order valence-corrected chi connectivity index (χ4v) is 1.65. The topological polar surface area (TPSA) is 59.6 Å². The second-order valence-electron chi connectivity index (χ2n) is 4.47. The number of hydrogen-bond acceptors (Lipinski definition) is 4. The van der Waals surface area contributed by atoms with Crippen LogP contribution in [0.3, 0.4) is 0 Å². The third-order valence-corrected chi connectivity index (χ3v) is 2.53. The molecule has 0 aliphatic carbocycles. The number of rotatable bonds is 7. The molecule has 0 bridgehead atoms. The molecule has 1 aromatic rings. The smallest absolute Gasteiger partial charge is 0.221 e. The van der Waals surface area contributed by atoms with Crippen molar-refractivity contribution >= 4 is 11.6 Å². The highest BCUT2D eigenvalue weighted by atomic mass is 16.5. The maximum atomic E-state index is 11.5. The SMILES string of the molecule is COc1ccc(NCCC(=O)NC(C)C)c(OC)c1. The van der Waals surface area contributed by atoms with E-state index in [0.29, 0.717) is 18.7 Å². The van der Waals surface area contributed by atoms with E-state index in [0.717, 1.165) is 11.4 Å². The lowest BCUT2D eigenvalue weighted by molar-refractivity contribution is -0.121. The van der Waals surface area contributed by atoms with Crippen LogP contribution in [0.25, 0.3) is 0 Å². The van der Waals surface area contributed by atoms with Gasteiger partial charge >= 0.3 is 0 Å². The molecular formula is C14H22N2O3. The lowest BCUT2D eigenvalue weighted by Crippen LogP contribution is -2.31. The number of anilines is 1. The molecule has 0 fully saturated rings. The minimum atomic E-state index is 0.0370. The van der Waals surface area contributed by atoms with Gasteiger partial charge in [-0.25, -0.2) is 0 Å². The van der Waals surface area contributed by atoms with Gasteiger partial charge in [0.1, 0.15) is 11.5 Å². The van der Waals surface area contributed by atoms with Gasteiger partial charge in [-0.2, -0.15) is 0 Å². The quantitative estimate of drug-likeness (QED) is 0.793. The Balaban J connectivity index is 2.51. The second-order valence-corrected chi connectivity index (χ2v) is 4.47. The Hall–Kier alpha value is -1.91. The largest absolute Gasteiger partial charge is 0.497 e. The maximum Gasteiger partial charge on any atom is 0.221 e. The number of carbonyl (C=O) groups excluding carboxylic acids is 1. The zero-order valence-corrected chi connectivity index (χ0v) is 11.9. The maximum absolute atomic E-state index is 11.5. The van der Waals surface area contributed by atoms with Crippen LogP contribution in [0.1, 0.15) is 20.3 Å². The summed E-state index contributed by atoms with van der Waals surface area (Å²) in [6, 6.07) is 5.69. The number of methoxy groups -OCH3 is 2. The normalized spacial score (nSPS) is 10.2. The van der Waals surface area contributed by atoms with Gasteiger partial charge in [-0.15, -0.1) is 0 Å². The monoisotopic (exact) mass is 266 g/mol. The van der Waals surface area contributed by atoms with Gasteiger partial charge < -0.3 is 20.1 Å². The van der Waals surface area contributed by atoms with E-state index in [1.54, 1.807) is 20.3 Å². The molecule has 5 nitrogen and oxygen atoms in total. The van der Waals surface area contributed by atoms with Gasteiger partial charge in [-0.3, -0.25) is 4.79 Å². The molecule has 0 aromatic heterocycles. The van der Waals surface area contributed by atoms with Gasteiger partial charge in [0.2, 0.25) is 5.91 Å². The molecule has 0 heterocycles. The molecule has 5 heteroatoms. The molecule has 2 N–H and O–H groups in total. The van der Waals surface area contributed by atoms with Crippen molar-refractivity contribution in [2.75, 3.05) is 26.1 Å². The summed E-state index contributed by atoms with van der Waals surface area (Å²) >= 11 is 0. The van der Waals surface area contributed by atoms with Crippen LogP contribution in [0.5, 0.6) is 11.5 Å². The highest BCUT2D eigenvalue weighted by Crippen LogP contribution is 2.28. The Labute approximate surface area is 114 Å². The zero-order chi connectivity index (χ0) is 14.3. The van der Waals surface area contributed by atoms with Crippen molar-refractivity contribution in [1.82, 2.24) is 5.32 Å². The molecular weight excluding hydrogens is 244 g/mol. The molecule has 1 aromatic carbocycles. The van der Waals surface area contributed by atoms with E-state index in [2.05, 4.69) is 10.6 Å². The fraction of sp³-hybridized carbons (Fsp3) is 0.500. The highest BCUT2D eigenvalue weighted by molar-refractivity contribution is 5.76. The first-order chi connectivity index (χ1) is 9.06. The van der Waals surface area contributed by atoms with Crippen LogP contribution in [-0.4, -0.2) is 32.7 Å². The van der Waals surface area contributed by atoms with E-state index in [4.69, 9.17) is 9.47 Å². The summed E-state index contributed by atoms with van der Waals surface area (Å²) in [7, 11) is 3.21. The molecule has 106 valence electrons. The molecule has 0 aliphatic rings. The van der Waals surface area contributed by atoms with E-state index in [1.165, 1.54) is 0 Å². The van der Waals surface area contributed by atoms with Crippen LogP contribution in [0.2, 0.25) is 0 Å². The van der Waals surface area contributed by atoms with Crippen molar-refractivity contribution < 1.29 is 14.3 Å². The van der Waals surface area contributed by atoms with Gasteiger partial charge in [-0.05, 0) is 26.0 Å². The Morgan fingerprint density at radius 1 is 1.26 bits per heavy atom. The van der Waals surface area contributed by atoms with E-state index in [1.807, 2.05) is 26.0 Å². The minimum absolute atomic E-state index is 0.0370. The Morgan fingerprint density at radius 3 is 2.58 bits per heavy atom. The number of benzene rings is 1. The molecule has 1 rings (SSSR count). The Morgan fingerprint density at radius 2 is 2.00 bits per heavy atom. The molecule has 19 heavy (non-hydrogen) atoms. The van der Waals surface area contributed by atoms with Crippen molar-refractivity contribution in [2.45, 2.75) is 26.3 Å². The molecule has 0 saturated carbocycles. The van der Waals surface area contributed by atoms with Crippen LogP contribution >= 0.6 is 0 Å². The van der Waals surface area contributed by atoms with Crippen LogP contribution in [-0.2, 0) is 4.79 Å². The number of carbonyl (C=O) groups is 1. The number of hydrogen-bond donors (Lipinski definition) is 2. The fourth-order valence-electron chi connectivity index (χ4n) is 1.65. The highest BCUT2D eigenvalue weighted by Gasteiger charge is 2.06. The van der Waals surface area contributed by atoms with Crippen molar-refractivity contribution in [2.24, 2.45) is 0 Å². The third-order valence-electron chi connectivity index (χ3n) is 2.53. The molecule has 0 radical (unpaired) electrons. The van der Waals surface area contributed by atoms with E-state index >= 15 is 0 Å². The molecule has 0 saturated heterocycles. The van der Waals surface area contributed by atoms with Crippen LogP contribution in [0, 0.1) is 0 Å². The number of nitrogens with one attached hydrogen (secondary N) is 2. The van der Waals surface area contributed by atoms with Crippen LogP contribution < -0.4 is 20.1 Å². The third kappa shape index (κ3) is 5.07. The first-order valence-corrected chi connectivity index (χ1v) is 6.32. The minimum Gasteiger partial charge on any atom is -0.497 e. The van der Waals surface area contributed by atoms with Gasteiger partial charge in [0.25, 0.3) is 0 Å². The molecule has 1 amide bonds. The second kappa shape index (κ2) is 7.51. The molecule has 0 spiro atoms. The lowest BCUT2D eigenvalue weighted by atomic mass is 10.2. The summed E-state index contributed by atoms with van der Waals surface area (Å²) in [6.07, 6.45) is 0.424. The lowest BCUT2D eigenvalue weighted by Gasteiger charge is -2.13. The van der Waals surface area contributed by atoms with Gasteiger partial charge in [0.15, 0.2) is 0 Å². The zero-order valence-electron chi connectivity index (χ0n) is 11.9. The molecule has 0 unspecified atom stereocenters. The standard InChI is InChI=1S/C14H22N2O3/c1-10(2)16-14(17)7-8-15-12-6-5-11(18-3)9-13(12)19-4/h5-6,9-10,15H,7-8H2,1-4H3,(H,16,17). The predicted molar refractivity (Wildman–Crippen MR) is 75.9 cm³/mol. The van der Waals surface area contributed by atoms with Crippen molar-refractivity contribution in [3.8, 4) is 11.5 Å².